The maximum Gasteiger partial charge on any atom is 0.291 e. The first-order valence-corrected chi connectivity index (χ1v) is 12.1. The monoisotopic (exact) mass is 473 g/mol. The van der Waals surface area contributed by atoms with Crippen molar-refractivity contribution < 1.29 is 18.7 Å². The SMILES string of the molecule is CCCCc1ccc(NC(=O)c2oc3c(c2C)/C(=N/NC(=O)COc2ccccc2)CCC3)cc1. The van der Waals surface area contributed by atoms with Gasteiger partial charge in [-0.25, -0.2) is 5.43 Å². The molecule has 2 aromatic carbocycles. The van der Waals surface area contributed by atoms with Crippen LogP contribution in [0.15, 0.2) is 64.1 Å². The summed E-state index contributed by atoms with van der Waals surface area (Å²) in [6, 6.07) is 17.1. The van der Waals surface area contributed by atoms with Gasteiger partial charge in [0, 0.05) is 23.2 Å². The molecule has 1 aliphatic rings. The predicted molar refractivity (Wildman–Crippen MR) is 136 cm³/mol. The van der Waals surface area contributed by atoms with Crippen molar-refractivity contribution >= 4 is 23.2 Å². The number of ether oxygens (including phenoxy) is 1. The summed E-state index contributed by atoms with van der Waals surface area (Å²) in [5, 5.41) is 7.26. The number of furan rings is 1. The van der Waals surface area contributed by atoms with Gasteiger partial charge in [0.1, 0.15) is 11.5 Å². The number of aryl methyl sites for hydroxylation is 2. The summed E-state index contributed by atoms with van der Waals surface area (Å²) in [5.74, 6) is 0.973. The molecule has 0 atom stereocenters. The number of rotatable bonds is 9. The van der Waals surface area contributed by atoms with Gasteiger partial charge < -0.3 is 14.5 Å². The second kappa shape index (κ2) is 11.5. The molecule has 0 saturated heterocycles. The number of para-hydroxylation sites is 1. The maximum absolute atomic E-state index is 13.0. The summed E-state index contributed by atoms with van der Waals surface area (Å²) in [6.07, 6.45) is 5.57. The number of benzene rings is 2. The number of unbranched alkanes of at least 4 members (excludes halogenated alkanes) is 1. The largest absolute Gasteiger partial charge is 0.484 e. The number of anilines is 1. The zero-order valence-electron chi connectivity index (χ0n) is 20.2. The van der Waals surface area contributed by atoms with E-state index in [0.29, 0.717) is 17.9 Å². The van der Waals surface area contributed by atoms with Gasteiger partial charge in [-0.1, -0.05) is 43.7 Å². The fraction of sp³-hybridized carbons (Fsp3) is 0.321. The van der Waals surface area contributed by atoms with E-state index in [0.717, 1.165) is 54.7 Å². The van der Waals surface area contributed by atoms with Gasteiger partial charge in [-0.3, -0.25) is 9.59 Å². The third kappa shape index (κ3) is 6.18. The van der Waals surface area contributed by atoms with Crippen LogP contribution in [-0.4, -0.2) is 24.1 Å². The van der Waals surface area contributed by atoms with Gasteiger partial charge in [0.15, 0.2) is 12.4 Å². The van der Waals surface area contributed by atoms with Crippen LogP contribution in [0.2, 0.25) is 0 Å². The van der Waals surface area contributed by atoms with Crippen molar-refractivity contribution in [3.63, 3.8) is 0 Å². The molecule has 1 aromatic heterocycles. The van der Waals surface area contributed by atoms with Crippen LogP contribution in [0.5, 0.6) is 5.75 Å². The molecule has 0 radical (unpaired) electrons. The molecule has 1 aliphatic carbocycles. The quantitative estimate of drug-likeness (QED) is 0.406. The lowest BCUT2D eigenvalue weighted by atomic mass is 9.93. The van der Waals surface area contributed by atoms with Crippen LogP contribution < -0.4 is 15.5 Å². The van der Waals surface area contributed by atoms with Crippen molar-refractivity contribution in [1.82, 2.24) is 5.43 Å². The molecule has 3 aromatic rings. The Morgan fingerprint density at radius 1 is 1.06 bits per heavy atom. The van der Waals surface area contributed by atoms with Crippen LogP contribution in [0.3, 0.4) is 0 Å². The highest BCUT2D eigenvalue weighted by atomic mass is 16.5. The highest BCUT2D eigenvalue weighted by Crippen LogP contribution is 2.30. The van der Waals surface area contributed by atoms with Crippen molar-refractivity contribution in [2.24, 2.45) is 5.10 Å². The molecule has 0 spiro atoms. The number of fused-ring (bicyclic) bond motifs is 1. The first-order valence-electron chi connectivity index (χ1n) is 12.1. The van der Waals surface area contributed by atoms with E-state index in [1.54, 1.807) is 12.1 Å². The summed E-state index contributed by atoms with van der Waals surface area (Å²) in [4.78, 5) is 25.2. The Balaban J connectivity index is 1.42. The number of nitrogens with zero attached hydrogens (tertiary/aromatic N) is 1. The van der Waals surface area contributed by atoms with E-state index in [1.807, 2.05) is 49.4 Å². The second-order valence-corrected chi connectivity index (χ2v) is 8.66. The zero-order valence-corrected chi connectivity index (χ0v) is 20.2. The average molecular weight is 474 g/mol. The van der Waals surface area contributed by atoms with Crippen LogP contribution in [0.1, 0.15) is 65.6 Å². The van der Waals surface area contributed by atoms with E-state index in [-0.39, 0.29) is 24.2 Å². The molecule has 2 amide bonds. The third-order valence-corrected chi connectivity index (χ3v) is 5.99. The van der Waals surface area contributed by atoms with Gasteiger partial charge >= 0.3 is 0 Å². The van der Waals surface area contributed by atoms with E-state index in [1.165, 1.54) is 5.56 Å². The first-order chi connectivity index (χ1) is 17.0. The number of nitrogens with one attached hydrogen (secondary N) is 2. The number of amides is 2. The van der Waals surface area contributed by atoms with Gasteiger partial charge in [0.05, 0.1) is 5.71 Å². The summed E-state index contributed by atoms with van der Waals surface area (Å²) in [6.45, 7) is 3.89. The number of hydrogen-bond acceptors (Lipinski definition) is 5. The number of carbonyl (C=O) groups excluding carboxylic acids is 2. The van der Waals surface area contributed by atoms with Crippen LogP contribution >= 0.6 is 0 Å². The predicted octanol–water partition coefficient (Wildman–Crippen LogP) is 5.42. The molecule has 35 heavy (non-hydrogen) atoms. The molecule has 0 bridgehead atoms. The summed E-state index contributed by atoms with van der Waals surface area (Å²) >= 11 is 0. The minimum absolute atomic E-state index is 0.136. The minimum Gasteiger partial charge on any atom is -0.484 e. The highest BCUT2D eigenvalue weighted by molar-refractivity contribution is 6.09. The molecule has 2 N–H and O–H groups in total. The van der Waals surface area contributed by atoms with Crippen molar-refractivity contribution in [3.8, 4) is 5.75 Å². The number of hydrogen-bond donors (Lipinski definition) is 2. The lowest BCUT2D eigenvalue weighted by Crippen LogP contribution is -2.27. The molecular formula is C28H31N3O4. The topological polar surface area (TPSA) is 92.9 Å². The molecule has 1 heterocycles. The first kappa shape index (κ1) is 24.3. The molecule has 182 valence electrons. The Bertz CT molecular complexity index is 1200. The fourth-order valence-electron chi connectivity index (χ4n) is 4.15. The van der Waals surface area contributed by atoms with Crippen molar-refractivity contribution in [2.75, 3.05) is 11.9 Å². The normalized spacial score (nSPS) is 13.8. The van der Waals surface area contributed by atoms with Crippen molar-refractivity contribution in [1.29, 1.82) is 0 Å². The standard InChI is InChI=1S/C28H31N3O4/c1-3-4-9-20-14-16-21(17-15-20)29-28(33)27-19(2)26-23(12-8-13-24(26)35-27)30-31-25(32)18-34-22-10-6-5-7-11-22/h5-7,10-11,14-17H,3-4,8-9,12-13,18H2,1-2H3,(H,29,33)(H,31,32)/b30-23+. The molecule has 4 rings (SSSR count). The van der Waals surface area contributed by atoms with Gasteiger partial charge in [-0.15, -0.1) is 0 Å². The third-order valence-electron chi connectivity index (χ3n) is 5.99. The Hall–Kier alpha value is -3.87. The summed E-state index contributed by atoms with van der Waals surface area (Å²) in [5.41, 5.74) is 6.79. The van der Waals surface area contributed by atoms with E-state index >= 15 is 0 Å². The molecule has 0 aliphatic heterocycles. The van der Waals surface area contributed by atoms with E-state index in [9.17, 15) is 9.59 Å². The van der Waals surface area contributed by atoms with Gasteiger partial charge in [0.2, 0.25) is 0 Å². The Morgan fingerprint density at radius 3 is 2.57 bits per heavy atom. The molecule has 7 nitrogen and oxygen atoms in total. The summed E-state index contributed by atoms with van der Waals surface area (Å²) in [7, 11) is 0. The lowest BCUT2D eigenvalue weighted by Gasteiger charge is -2.13. The van der Waals surface area contributed by atoms with E-state index in [2.05, 4.69) is 22.8 Å². The van der Waals surface area contributed by atoms with Crippen LogP contribution in [0, 0.1) is 6.92 Å². The number of carbonyl (C=O) groups is 2. The van der Waals surface area contributed by atoms with Gasteiger partial charge in [0.25, 0.3) is 11.8 Å². The maximum atomic E-state index is 13.0. The van der Waals surface area contributed by atoms with E-state index < -0.39 is 0 Å². The highest BCUT2D eigenvalue weighted by Gasteiger charge is 2.28. The smallest absolute Gasteiger partial charge is 0.291 e. The van der Waals surface area contributed by atoms with Gasteiger partial charge in [-0.2, -0.15) is 5.10 Å². The van der Waals surface area contributed by atoms with Crippen LogP contribution in [-0.2, 0) is 17.6 Å². The average Bonchev–Trinajstić information content (AvgIpc) is 3.23. The Kier molecular flexibility index (Phi) is 7.98. The minimum atomic E-state index is -0.352. The lowest BCUT2D eigenvalue weighted by molar-refractivity contribution is -0.123. The fourth-order valence-corrected chi connectivity index (χ4v) is 4.15. The van der Waals surface area contributed by atoms with Gasteiger partial charge in [-0.05, 0) is 62.4 Å². The number of hydrazone groups is 1. The molecule has 7 heteroatoms. The molecule has 0 unspecified atom stereocenters. The molecule has 0 fully saturated rings. The van der Waals surface area contributed by atoms with E-state index in [4.69, 9.17) is 9.15 Å². The Morgan fingerprint density at radius 2 is 1.83 bits per heavy atom. The summed E-state index contributed by atoms with van der Waals surface area (Å²) < 4.78 is 11.4. The zero-order chi connectivity index (χ0) is 24.6. The van der Waals surface area contributed by atoms with Crippen molar-refractivity contribution in [3.05, 3.63) is 82.8 Å². The van der Waals surface area contributed by atoms with Crippen LogP contribution in [0.25, 0.3) is 0 Å². The van der Waals surface area contributed by atoms with Crippen LogP contribution in [0.4, 0.5) is 5.69 Å². The second-order valence-electron chi connectivity index (χ2n) is 8.66. The molecule has 0 saturated carbocycles. The van der Waals surface area contributed by atoms with Crippen molar-refractivity contribution in [2.45, 2.75) is 52.4 Å². The molecular weight excluding hydrogens is 442 g/mol. The Labute approximate surface area is 205 Å².